The lowest BCUT2D eigenvalue weighted by atomic mass is 9.78. The Hall–Kier alpha value is -2.92. The monoisotopic (exact) mass is 408 g/mol. The van der Waals surface area contributed by atoms with Crippen molar-refractivity contribution in [2.24, 2.45) is 5.16 Å². The highest BCUT2D eigenvalue weighted by Gasteiger charge is 2.35. The molecule has 2 aromatic rings. The zero-order chi connectivity index (χ0) is 19.0. The first-order valence-corrected chi connectivity index (χ1v) is 8.44. The van der Waals surface area contributed by atoms with Gasteiger partial charge in [-0.1, -0.05) is 11.2 Å². The molecule has 148 valence electrons. The smallest absolute Gasteiger partial charge is 0.522 e. The van der Waals surface area contributed by atoms with Crippen molar-refractivity contribution in [3.63, 3.8) is 0 Å². The third kappa shape index (κ3) is 3.58. The minimum atomic E-state index is -1.18. The molecule has 10 nitrogen and oxygen atoms in total. The van der Waals surface area contributed by atoms with Crippen molar-refractivity contribution < 1.29 is 29.5 Å². The number of nitrogens with one attached hydrogen (secondary N) is 1. The minimum Gasteiger partial charge on any atom is -0.535 e. The van der Waals surface area contributed by atoms with Crippen molar-refractivity contribution in [2.45, 2.75) is 18.8 Å². The molecule has 1 aromatic heterocycles. The number of fused-ring (bicyclic) bond motifs is 1. The molecule has 0 amide bonds. The number of amidine groups is 1. The van der Waals surface area contributed by atoms with Gasteiger partial charge in [0.05, 0.1) is 13.1 Å². The van der Waals surface area contributed by atoms with Crippen LogP contribution >= 0.6 is 12.4 Å². The Bertz CT molecular complexity index is 888. The second-order valence-corrected chi connectivity index (χ2v) is 6.35. The molecule has 3 heterocycles. The number of aromatic amines is 1. The fraction of sp³-hybridized carbons (Fsp3) is 0.312. The van der Waals surface area contributed by atoms with Crippen LogP contribution < -0.4 is 9.39 Å². The minimum absolute atomic E-state index is 0. The van der Waals surface area contributed by atoms with E-state index >= 15 is 0 Å². The number of aromatic carboxylic acids is 1. The largest absolute Gasteiger partial charge is 0.535 e. The van der Waals surface area contributed by atoms with E-state index in [1.54, 1.807) is 29.4 Å². The van der Waals surface area contributed by atoms with E-state index in [4.69, 9.17) is 9.39 Å². The molecule has 0 aliphatic carbocycles. The summed E-state index contributed by atoms with van der Waals surface area (Å²) in [6, 6.07) is 3.36. The van der Waals surface area contributed by atoms with Crippen LogP contribution in [0.3, 0.4) is 0 Å². The highest BCUT2D eigenvalue weighted by molar-refractivity contribution is 6.44. The number of likely N-dealkylation sites (tertiary alicyclic amines) is 1. The molecule has 4 N–H and O–H groups in total. The normalized spacial score (nSPS) is 16.5. The molecule has 1 fully saturated rings. The van der Waals surface area contributed by atoms with Gasteiger partial charge in [-0.15, -0.1) is 12.4 Å². The van der Waals surface area contributed by atoms with E-state index in [-0.39, 0.29) is 41.4 Å². The van der Waals surface area contributed by atoms with Crippen LogP contribution in [0.5, 0.6) is 11.5 Å². The number of rotatable bonds is 4. The van der Waals surface area contributed by atoms with Gasteiger partial charge in [0.2, 0.25) is 5.84 Å². The van der Waals surface area contributed by atoms with Crippen LogP contribution in [-0.4, -0.2) is 68.3 Å². The van der Waals surface area contributed by atoms with E-state index in [1.165, 1.54) is 0 Å². The zero-order valence-corrected chi connectivity index (χ0v) is 15.4. The topological polar surface area (TPSA) is 140 Å². The molecule has 0 radical (unpaired) electrons. The van der Waals surface area contributed by atoms with Crippen LogP contribution in [0.25, 0.3) is 0 Å². The Balaban J connectivity index is 0.00000225. The van der Waals surface area contributed by atoms with Crippen LogP contribution in [-0.2, 0) is 6.42 Å². The highest BCUT2D eigenvalue weighted by atomic mass is 35.5. The Morgan fingerprint density at radius 2 is 2.21 bits per heavy atom. The molecule has 0 unspecified atom stereocenters. The van der Waals surface area contributed by atoms with E-state index in [2.05, 4.69) is 15.1 Å². The van der Waals surface area contributed by atoms with Crippen molar-refractivity contribution >= 4 is 31.3 Å². The van der Waals surface area contributed by atoms with Gasteiger partial charge in [0.1, 0.15) is 23.2 Å². The van der Waals surface area contributed by atoms with E-state index in [9.17, 15) is 20.1 Å². The van der Waals surface area contributed by atoms with Gasteiger partial charge >= 0.3 is 13.1 Å². The third-order valence-corrected chi connectivity index (χ3v) is 4.58. The molecule has 2 aliphatic heterocycles. The summed E-state index contributed by atoms with van der Waals surface area (Å²) in [5.74, 6) is -0.127. The fourth-order valence-corrected chi connectivity index (χ4v) is 3.23. The number of carboxylic acid groups (broad SMARTS) is 1. The van der Waals surface area contributed by atoms with Crippen molar-refractivity contribution in [1.82, 2.24) is 14.9 Å². The number of ether oxygens (including phenoxy) is 1. The maximum absolute atomic E-state index is 11.7. The average Bonchev–Trinajstić information content (AvgIpc) is 3.13. The first-order valence-electron chi connectivity index (χ1n) is 8.44. The van der Waals surface area contributed by atoms with E-state index < -0.39 is 13.1 Å². The fourth-order valence-electron chi connectivity index (χ4n) is 3.23. The lowest BCUT2D eigenvalue weighted by molar-refractivity contribution is 0.0586. The second kappa shape index (κ2) is 7.99. The lowest BCUT2D eigenvalue weighted by Gasteiger charge is -2.40. The van der Waals surface area contributed by atoms with Crippen molar-refractivity contribution in [3.8, 4) is 11.5 Å². The Morgan fingerprint density at radius 3 is 2.86 bits per heavy atom. The summed E-state index contributed by atoms with van der Waals surface area (Å²) < 4.78 is 11.2. The molecule has 12 heteroatoms. The molecule has 28 heavy (non-hydrogen) atoms. The molecule has 0 atom stereocenters. The summed E-state index contributed by atoms with van der Waals surface area (Å²) in [6.45, 7) is 0.805. The summed E-state index contributed by atoms with van der Waals surface area (Å²) in [5.41, 5.74) is 0.639. The van der Waals surface area contributed by atoms with Gasteiger partial charge in [-0.2, -0.15) is 0 Å². The SMILES string of the molecule is Cl.O=C(O)c1c(OC2CN(C(=NO)c3ncc[nH]3)C2)ccc2c1OB(O)CC2. The van der Waals surface area contributed by atoms with Gasteiger partial charge < -0.3 is 34.6 Å². The summed E-state index contributed by atoms with van der Waals surface area (Å²) >= 11 is 0. The number of benzene rings is 1. The second-order valence-electron chi connectivity index (χ2n) is 6.35. The van der Waals surface area contributed by atoms with Crippen molar-refractivity contribution in [1.29, 1.82) is 0 Å². The van der Waals surface area contributed by atoms with Gasteiger partial charge in [0, 0.05) is 12.4 Å². The van der Waals surface area contributed by atoms with Crippen LogP contribution in [0, 0.1) is 0 Å². The number of carboxylic acids is 1. The maximum Gasteiger partial charge on any atom is 0.522 e. The van der Waals surface area contributed by atoms with Gasteiger partial charge in [-0.25, -0.2) is 9.78 Å². The number of aromatic nitrogens is 2. The number of hydrogen-bond donors (Lipinski definition) is 4. The lowest BCUT2D eigenvalue weighted by Crippen LogP contribution is -2.56. The van der Waals surface area contributed by atoms with Crippen LogP contribution in [0.1, 0.15) is 21.7 Å². The van der Waals surface area contributed by atoms with Crippen LogP contribution in [0.2, 0.25) is 6.32 Å². The summed E-state index contributed by atoms with van der Waals surface area (Å²) in [7, 11) is -1.03. The van der Waals surface area contributed by atoms with Crippen molar-refractivity contribution in [3.05, 3.63) is 41.5 Å². The Labute approximate surface area is 166 Å². The van der Waals surface area contributed by atoms with Crippen LogP contribution in [0.4, 0.5) is 0 Å². The Kier molecular flexibility index (Phi) is 5.66. The van der Waals surface area contributed by atoms with E-state index in [0.717, 1.165) is 5.56 Å². The van der Waals surface area contributed by atoms with Gasteiger partial charge in [-0.05, 0) is 24.4 Å². The van der Waals surface area contributed by atoms with Gasteiger partial charge in [-0.3, -0.25) is 0 Å². The Morgan fingerprint density at radius 1 is 1.43 bits per heavy atom. The van der Waals surface area contributed by atoms with E-state index in [0.29, 0.717) is 31.7 Å². The molecule has 0 saturated carbocycles. The van der Waals surface area contributed by atoms with E-state index in [1.807, 2.05) is 0 Å². The van der Waals surface area contributed by atoms with Crippen LogP contribution in [0.15, 0.2) is 29.7 Å². The summed E-state index contributed by atoms with van der Waals surface area (Å²) in [4.78, 5) is 20.4. The molecule has 1 aromatic carbocycles. The quantitative estimate of drug-likeness (QED) is 0.192. The highest BCUT2D eigenvalue weighted by Crippen LogP contribution is 2.37. The van der Waals surface area contributed by atoms with Crippen molar-refractivity contribution in [2.75, 3.05) is 13.1 Å². The maximum atomic E-state index is 11.7. The summed E-state index contributed by atoms with van der Waals surface area (Å²) in [6.07, 6.45) is 3.83. The standard InChI is InChI=1S/C16H17BN4O6.ClH/c22-16(23)12-11(2-1-9-3-4-17(24)27-13(9)12)26-10-7-21(8-10)15(20-25)14-18-5-6-19-14;/h1-2,5-6,10,24-25H,3-4,7-8H2,(H,18,19)(H,22,23);1H. The van der Waals surface area contributed by atoms with Gasteiger partial charge in [0.25, 0.3) is 0 Å². The number of carbonyl (C=O) groups is 1. The molecular formula is C16H18BClN4O6. The summed E-state index contributed by atoms with van der Waals surface area (Å²) in [5, 5.41) is 31.8. The predicted octanol–water partition coefficient (Wildman–Crippen LogP) is 0.844. The number of hydrogen-bond acceptors (Lipinski definition) is 7. The number of imidazole rings is 1. The number of aryl methyl sites for hydroxylation is 1. The number of nitrogens with zero attached hydrogens (tertiary/aromatic N) is 3. The first-order chi connectivity index (χ1) is 13.1. The number of halogens is 1. The molecule has 0 spiro atoms. The predicted molar refractivity (Wildman–Crippen MR) is 101 cm³/mol. The zero-order valence-electron chi connectivity index (χ0n) is 14.6. The third-order valence-electron chi connectivity index (χ3n) is 4.58. The average molecular weight is 409 g/mol. The molecule has 2 aliphatic rings. The molecular weight excluding hydrogens is 390 g/mol. The number of oxime groups is 1. The molecule has 4 rings (SSSR count). The first kappa shape index (κ1) is 19.8. The number of H-pyrrole nitrogens is 1. The van der Waals surface area contributed by atoms with Gasteiger partial charge in [0.15, 0.2) is 5.82 Å². The molecule has 1 saturated heterocycles. The molecule has 0 bridgehead atoms.